The van der Waals surface area contributed by atoms with Gasteiger partial charge in [-0.15, -0.1) is 0 Å². The van der Waals surface area contributed by atoms with E-state index in [-0.39, 0.29) is 17.8 Å². The van der Waals surface area contributed by atoms with Crippen LogP contribution < -0.4 is 0 Å². The Morgan fingerprint density at radius 1 is 1.32 bits per heavy atom. The average Bonchev–Trinajstić information content (AvgIpc) is 2.26. The van der Waals surface area contributed by atoms with Crippen LogP contribution in [0.1, 0.15) is 36.7 Å². The van der Waals surface area contributed by atoms with Crippen LogP contribution in [0, 0.1) is 5.82 Å². The monoisotopic (exact) mass is 270 g/mol. The van der Waals surface area contributed by atoms with E-state index in [0.29, 0.717) is 18.8 Å². The first-order chi connectivity index (χ1) is 8.79. The molecule has 0 heterocycles. The van der Waals surface area contributed by atoms with Crippen LogP contribution in [0.5, 0.6) is 0 Å². The zero-order chi connectivity index (χ0) is 14.5. The number of ether oxygens (including phenoxy) is 2. The van der Waals surface area contributed by atoms with E-state index in [1.54, 1.807) is 0 Å². The van der Waals surface area contributed by atoms with Crippen molar-refractivity contribution in [3.05, 3.63) is 35.1 Å². The first-order valence-corrected chi connectivity index (χ1v) is 6.03. The van der Waals surface area contributed by atoms with Crippen LogP contribution in [-0.4, -0.2) is 29.9 Å². The molecule has 0 saturated heterocycles. The van der Waals surface area contributed by atoms with Gasteiger partial charge in [0.25, 0.3) is 0 Å². The summed E-state index contributed by atoms with van der Waals surface area (Å²) >= 11 is 0. The molecule has 0 saturated carbocycles. The standard InChI is InChI=1S/C14H19FO4/c1-14(2,3)19-7-6-18-9-10-8-11(15)4-5-12(10)13(16)17/h4-5,8H,6-7,9H2,1-3H3,(H,16,17). The van der Waals surface area contributed by atoms with E-state index in [0.717, 1.165) is 6.07 Å². The van der Waals surface area contributed by atoms with E-state index in [2.05, 4.69) is 0 Å². The lowest BCUT2D eigenvalue weighted by atomic mass is 10.1. The zero-order valence-corrected chi connectivity index (χ0v) is 11.4. The van der Waals surface area contributed by atoms with E-state index >= 15 is 0 Å². The lowest BCUT2D eigenvalue weighted by Crippen LogP contribution is -2.21. The number of carbonyl (C=O) groups is 1. The molecule has 0 atom stereocenters. The van der Waals surface area contributed by atoms with Crippen molar-refractivity contribution < 1.29 is 23.8 Å². The Hall–Kier alpha value is -1.46. The van der Waals surface area contributed by atoms with Crippen LogP contribution in [0.4, 0.5) is 4.39 Å². The summed E-state index contributed by atoms with van der Waals surface area (Å²) < 4.78 is 23.8. The fraction of sp³-hybridized carbons (Fsp3) is 0.500. The Balaban J connectivity index is 2.49. The Morgan fingerprint density at radius 2 is 2.00 bits per heavy atom. The van der Waals surface area contributed by atoms with Crippen molar-refractivity contribution >= 4 is 5.97 Å². The number of carboxylic acids is 1. The van der Waals surface area contributed by atoms with Crippen molar-refractivity contribution in [1.82, 2.24) is 0 Å². The molecule has 0 fully saturated rings. The minimum Gasteiger partial charge on any atom is -0.478 e. The minimum absolute atomic E-state index is 0.0485. The number of benzene rings is 1. The van der Waals surface area contributed by atoms with Crippen LogP contribution in [0.3, 0.4) is 0 Å². The highest BCUT2D eigenvalue weighted by atomic mass is 19.1. The fourth-order valence-corrected chi connectivity index (χ4v) is 1.48. The molecule has 19 heavy (non-hydrogen) atoms. The van der Waals surface area contributed by atoms with Crippen molar-refractivity contribution in [3.8, 4) is 0 Å². The highest BCUT2D eigenvalue weighted by Gasteiger charge is 2.12. The van der Waals surface area contributed by atoms with Crippen LogP contribution in [-0.2, 0) is 16.1 Å². The SMILES string of the molecule is CC(C)(C)OCCOCc1cc(F)ccc1C(=O)O. The summed E-state index contributed by atoms with van der Waals surface area (Å²) in [5.41, 5.74) is 0.135. The van der Waals surface area contributed by atoms with Gasteiger partial charge in [-0.05, 0) is 44.5 Å². The Morgan fingerprint density at radius 3 is 2.58 bits per heavy atom. The van der Waals surface area contributed by atoms with E-state index < -0.39 is 11.8 Å². The first kappa shape index (κ1) is 15.6. The molecule has 0 bridgehead atoms. The molecule has 0 aliphatic carbocycles. The predicted octanol–water partition coefficient (Wildman–Crippen LogP) is 2.86. The second-order valence-electron chi connectivity index (χ2n) is 5.12. The number of hydrogen-bond donors (Lipinski definition) is 1. The van der Waals surface area contributed by atoms with Gasteiger partial charge in [-0.25, -0.2) is 9.18 Å². The van der Waals surface area contributed by atoms with Crippen molar-refractivity contribution in [2.24, 2.45) is 0 Å². The molecule has 106 valence electrons. The topological polar surface area (TPSA) is 55.8 Å². The quantitative estimate of drug-likeness (QED) is 0.807. The fourth-order valence-electron chi connectivity index (χ4n) is 1.48. The summed E-state index contributed by atoms with van der Waals surface area (Å²) in [7, 11) is 0. The van der Waals surface area contributed by atoms with Crippen LogP contribution in [0.2, 0.25) is 0 Å². The Bertz CT molecular complexity index is 438. The lowest BCUT2D eigenvalue weighted by Gasteiger charge is -2.19. The maximum atomic E-state index is 13.1. The van der Waals surface area contributed by atoms with Gasteiger partial charge in [-0.2, -0.15) is 0 Å². The summed E-state index contributed by atoms with van der Waals surface area (Å²) in [6.45, 7) is 6.58. The van der Waals surface area contributed by atoms with E-state index in [9.17, 15) is 9.18 Å². The van der Waals surface area contributed by atoms with Crippen LogP contribution >= 0.6 is 0 Å². The van der Waals surface area contributed by atoms with Crippen molar-refractivity contribution in [2.75, 3.05) is 13.2 Å². The smallest absolute Gasteiger partial charge is 0.336 e. The van der Waals surface area contributed by atoms with E-state index in [4.69, 9.17) is 14.6 Å². The lowest BCUT2D eigenvalue weighted by molar-refractivity contribution is -0.0377. The molecule has 4 nitrogen and oxygen atoms in total. The second kappa shape index (κ2) is 6.63. The number of aromatic carboxylic acids is 1. The summed E-state index contributed by atoms with van der Waals surface area (Å²) in [6, 6.07) is 3.53. The van der Waals surface area contributed by atoms with Gasteiger partial charge in [0, 0.05) is 0 Å². The molecular weight excluding hydrogens is 251 g/mol. The molecule has 0 unspecified atom stereocenters. The van der Waals surface area contributed by atoms with Crippen molar-refractivity contribution in [2.45, 2.75) is 33.0 Å². The van der Waals surface area contributed by atoms with Crippen molar-refractivity contribution in [3.63, 3.8) is 0 Å². The number of rotatable bonds is 6. The van der Waals surface area contributed by atoms with Crippen molar-refractivity contribution in [1.29, 1.82) is 0 Å². The third kappa shape index (κ3) is 5.81. The molecule has 1 N–H and O–H groups in total. The third-order valence-electron chi connectivity index (χ3n) is 2.32. The van der Waals surface area contributed by atoms with Gasteiger partial charge in [-0.1, -0.05) is 0 Å². The maximum absolute atomic E-state index is 13.1. The molecule has 0 spiro atoms. The average molecular weight is 270 g/mol. The van der Waals surface area contributed by atoms with Gasteiger partial charge in [0.05, 0.1) is 31.0 Å². The first-order valence-electron chi connectivity index (χ1n) is 6.03. The predicted molar refractivity (Wildman–Crippen MR) is 68.7 cm³/mol. The number of carboxylic acid groups (broad SMARTS) is 1. The molecule has 0 aromatic heterocycles. The number of hydrogen-bond acceptors (Lipinski definition) is 3. The molecule has 1 rings (SSSR count). The van der Waals surface area contributed by atoms with E-state index in [1.165, 1.54) is 12.1 Å². The molecule has 0 amide bonds. The summed E-state index contributed by atoms with van der Waals surface area (Å²) in [5.74, 6) is -1.57. The summed E-state index contributed by atoms with van der Waals surface area (Å²) in [5, 5.41) is 8.96. The largest absolute Gasteiger partial charge is 0.478 e. The summed E-state index contributed by atoms with van der Waals surface area (Å²) in [6.07, 6.45) is 0. The van der Waals surface area contributed by atoms with E-state index in [1.807, 2.05) is 20.8 Å². The molecule has 0 aliphatic heterocycles. The molecule has 5 heteroatoms. The van der Waals surface area contributed by atoms with Gasteiger partial charge in [0.2, 0.25) is 0 Å². The second-order valence-corrected chi connectivity index (χ2v) is 5.12. The minimum atomic E-state index is -1.09. The van der Waals surface area contributed by atoms with Crippen LogP contribution in [0.25, 0.3) is 0 Å². The zero-order valence-electron chi connectivity index (χ0n) is 11.4. The third-order valence-corrected chi connectivity index (χ3v) is 2.32. The highest BCUT2D eigenvalue weighted by molar-refractivity contribution is 5.89. The summed E-state index contributed by atoms with van der Waals surface area (Å²) in [4.78, 5) is 11.0. The molecule has 0 aliphatic rings. The van der Waals surface area contributed by atoms with Crippen LogP contribution in [0.15, 0.2) is 18.2 Å². The molecule has 0 radical (unpaired) electrons. The van der Waals surface area contributed by atoms with Gasteiger partial charge < -0.3 is 14.6 Å². The normalized spacial score (nSPS) is 11.6. The van der Waals surface area contributed by atoms with Gasteiger partial charge >= 0.3 is 5.97 Å². The maximum Gasteiger partial charge on any atom is 0.336 e. The number of halogens is 1. The molecule has 1 aromatic rings. The highest BCUT2D eigenvalue weighted by Crippen LogP contribution is 2.13. The Kier molecular flexibility index (Phi) is 5.44. The van der Waals surface area contributed by atoms with Gasteiger partial charge in [0.1, 0.15) is 5.82 Å². The Labute approximate surface area is 112 Å². The molecule has 1 aromatic carbocycles. The molecular formula is C14H19FO4. The van der Waals surface area contributed by atoms with Gasteiger partial charge in [-0.3, -0.25) is 0 Å². The van der Waals surface area contributed by atoms with Gasteiger partial charge in [0.15, 0.2) is 0 Å².